The molecule has 3 rings (SSSR count). The Morgan fingerprint density at radius 1 is 1.12 bits per heavy atom. The van der Waals surface area contributed by atoms with Gasteiger partial charge in [-0.15, -0.1) is 0 Å². The number of benzene rings is 2. The number of nitrogens with one attached hydrogen (secondary N) is 2. The molecular formula is C19H16F3N3O. The Bertz CT molecular complexity index is 855. The second-order valence-electron chi connectivity index (χ2n) is 5.64. The minimum atomic E-state index is -4.47. The molecule has 2 N–H and O–H groups in total. The molecule has 0 atom stereocenters. The first-order valence-electron chi connectivity index (χ1n) is 7.97. The van der Waals surface area contributed by atoms with Crippen LogP contribution in [0.2, 0.25) is 0 Å². The maximum Gasteiger partial charge on any atom is 0.416 e. The molecule has 0 bridgehead atoms. The third-order valence-electron chi connectivity index (χ3n) is 3.78. The lowest BCUT2D eigenvalue weighted by Gasteiger charge is -2.09. The summed E-state index contributed by atoms with van der Waals surface area (Å²) in [6, 6.07) is 12.2. The van der Waals surface area contributed by atoms with E-state index in [0.29, 0.717) is 5.69 Å². The number of nitrogens with zero attached hydrogens (tertiary/aromatic N) is 1. The van der Waals surface area contributed by atoms with E-state index in [9.17, 15) is 18.0 Å². The second kappa shape index (κ2) is 7.43. The molecule has 4 nitrogen and oxygen atoms in total. The third kappa shape index (κ3) is 4.30. The lowest BCUT2D eigenvalue weighted by atomic mass is 10.1. The average Bonchev–Trinajstić information content (AvgIpc) is 3.15. The minimum Gasteiger partial charge on any atom is -0.368 e. The van der Waals surface area contributed by atoms with Crippen LogP contribution in [0.15, 0.2) is 59.6 Å². The molecule has 0 aromatic heterocycles. The van der Waals surface area contributed by atoms with Crippen LogP contribution in [0.4, 0.5) is 18.9 Å². The van der Waals surface area contributed by atoms with Gasteiger partial charge in [0.05, 0.1) is 12.1 Å². The number of halogens is 3. The van der Waals surface area contributed by atoms with Crippen LogP contribution in [0, 0.1) is 0 Å². The fourth-order valence-corrected chi connectivity index (χ4v) is 2.55. The Morgan fingerprint density at radius 3 is 2.50 bits per heavy atom. The first-order valence-corrected chi connectivity index (χ1v) is 7.97. The molecule has 7 heteroatoms. The van der Waals surface area contributed by atoms with Gasteiger partial charge in [-0.3, -0.25) is 9.79 Å². The number of carbonyl (C=O) groups is 1. The van der Waals surface area contributed by atoms with Crippen molar-refractivity contribution in [1.82, 2.24) is 5.32 Å². The lowest BCUT2D eigenvalue weighted by Crippen LogP contribution is -2.19. The van der Waals surface area contributed by atoms with Crippen molar-refractivity contribution in [1.29, 1.82) is 0 Å². The minimum absolute atomic E-state index is 0.0594. The van der Waals surface area contributed by atoms with Gasteiger partial charge in [0, 0.05) is 23.9 Å². The summed E-state index contributed by atoms with van der Waals surface area (Å²) in [5, 5.41) is 5.77. The highest BCUT2D eigenvalue weighted by molar-refractivity contribution is 6.03. The molecule has 0 aliphatic carbocycles. The van der Waals surface area contributed by atoms with Gasteiger partial charge in [-0.25, -0.2) is 0 Å². The maximum atomic E-state index is 12.9. The van der Waals surface area contributed by atoms with Gasteiger partial charge in [0.2, 0.25) is 5.91 Å². The van der Waals surface area contributed by atoms with Crippen LogP contribution in [0.3, 0.4) is 0 Å². The molecule has 134 valence electrons. The number of alkyl halides is 3. The van der Waals surface area contributed by atoms with Gasteiger partial charge in [0.25, 0.3) is 0 Å². The summed E-state index contributed by atoms with van der Waals surface area (Å²) >= 11 is 0. The van der Waals surface area contributed by atoms with Crippen molar-refractivity contribution in [2.45, 2.75) is 6.18 Å². The number of aliphatic imine (C=N–C) groups is 1. The van der Waals surface area contributed by atoms with E-state index < -0.39 is 17.6 Å². The van der Waals surface area contributed by atoms with Crippen LogP contribution in [0.5, 0.6) is 0 Å². The summed E-state index contributed by atoms with van der Waals surface area (Å²) in [6.45, 7) is 1.54. The molecule has 0 unspecified atom stereocenters. The highest BCUT2D eigenvalue weighted by atomic mass is 19.4. The number of anilines is 1. The van der Waals surface area contributed by atoms with Crippen molar-refractivity contribution in [2.24, 2.45) is 4.99 Å². The van der Waals surface area contributed by atoms with Gasteiger partial charge in [-0.1, -0.05) is 18.2 Å². The molecule has 1 aliphatic rings. The Hall–Kier alpha value is -3.09. The molecule has 1 aliphatic heterocycles. The summed E-state index contributed by atoms with van der Waals surface area (Å²) in [5.41, 5.74) is 0.621. The average molecular weight is 359 g/mol. The Morgan fingerprint density at radius 2 is 1.85 bits per heavy atom. The molecule has 1 heterocycles. The van der Waals surface area contributed by atoms with E-state index in [2.05, 4.69) is 15.6 Å². The number of amides is 1. The van der Waals surface area contributed by atoms with Crippen molar-refractivity contribution in [3.63, 3.8) is 0 Å². The molecule has 2 aromatic rings. The van der Waals surface area contributed by atoms with Crippen LogP contribution < -0.4 is 10.6 Å². The van der Waals surface area contributed by atoms with Gasteiger partial charge in [-0.05, 0) is 42.0 Å². The van der Waals surface area contributed by atoms with Crippen LogP contribution >= 0.6 is 0 Å². The topological polar surface area (TPSA) is 53.5 Å². The molecule has 0 saturated heterocycles. The predicted octanol–water partition coefficient (Wildman–Crippen LogP) is 3.71. The first kappa shape index (κ1) is 17.7. The standard InChI is InChI=1S/C19H16F3N3O/c20-19(21,22)16-4-2-1-3-13(16)7-10-17(26)25-15-8-5-14(6-9-15)18-23-11-12-24-18/h1-10H,11-12H2,(H,23,24)(H,25,26)/b10-7+. The van der Waals surface area contributed by atoms with Crippen molar-refractivity contribution in [3.05, 3.63) is 71.3 Å². The second-order valence-corrected chi connectivity index (χ2v) is 5.64. The van der Waals surface area contributed by atoms with Crippen molar-refractivity contribution in [2.75, 3.05) is 18.4 Å². The van der Waals surface area contributed by atoms with Crippen molar-refractivity contribution < 1.29 is 18.0 Å². The summed E-state index contributed by atoms with van der Waals surface area (Å²) in [6.07, 6.45) is -2.23. The van der Waals surface area contributed by atoms with Gasteiger partial charge < -0.3 is 10.6 Å². The fraction of sp³-hybridized carbons (Fsp3) is 0.158. The Labute approximate surface area is 148 Å². The molecule has 26 heavy (non-hydrogen) atoms. The molecule has 2 aromatic carbocycles. The smallest absolute Gasteiger partial charge is 0.368 e. The highest BCUT2D eigenvalue weighted by Crippen LogP contribution is 2.32. The van der Waals surface area contributed by atoms with Gasteiger partial charge in [0.15, 0.2) is 0 Å². The third-order valence-corrected chi connectivity index (χ3v) is 3.78. The summed E-state index contributed by atoms with van der Waals surface area (Å²) in [7, 11) is 0. The van der Waals surface area contributed by atoms with E-state index in [1.54, 1.807) is 12.1 Å². The number of amidine groups is 1. The highest BCUT2D eigenvalue weighted by Gasteiger charge is 2.32. The monoisotopic (exact) mass is 359 g/mol. The van der Waals surface area contributed by atoms with E-state index in [0.717, 1.165) is 42.7 Å². The van der Waals surface area contributed by atoms with E-state index >= 15 is 0 Å². The zero-order valence-electron chi connectivity index (χ0n) is 13.7. The van der Waals surface area contributed by atoms with Crippen LogP contribution in [0.25, 0.3) is 6.08 Å². The van der Waals surface area contributed by atoms with Crippen molar-refractivity contribution >= 4 is 23.5 Å². The zero-order valence-corrected chi connectivity index (χ0v) is 13.7. The molecule has 0 fully saturated rings. The molecule has 0 saturated carbocycles. The van der Waals surface area contributed by atoms with Crippen LogP contribution in [-0.2, 0) is 11.0 Å². The SMILES string of the molecule is O=C(/C=C/c1ccccc1C(F)(F)F)Nc1ccc(C2=NCCN2)cc1. The summed E-state index contributed by atoms with van der Waals surface area (Å²) in [4.78, 5) is 16.3. The number of hydrogen-bond acceptors (Lipinski definition) is 3. The summed E-state index contributed by atoms with van der Waals surface area (Å²) in [5.74, 6) is 0.303. The predicted molar refractivity (Wildman–Crippen MR) is 95.0 cm³/mol. The maximum absolute atomic E-state index is 12.9. The zero-order chi connectivity index (χ0) is 18.6. The van der Waals surface area contributed by atoms with Crippen LogP contribution in [0.1, 0.15) is 16.7 Å². The molecule has 0 radical (unpaired) electrons. The van der Waals surface area contributed by atoms with Crippen molar-refractivity contribution in [3.8, 4) is 0 Å². The first-order chi connectivity index (χ1) is 12.4. The number of hydrogen-bond donors (Lipinski definition) is 2. The van der Waals surface area contributed by atoms with E-state index in [1.807, 2.05) is 12.1 Å². The fourth-order valence-electron chi connectivity index (χ4n) is 2.55. The Kier molecular flexibility index (Phi) is 5.06. The van der Waals surface area contributed by atoms with Gasteiger partial charge in [0.1, 0.15) is 5.84 Å². The normalized spacial score (nSPS) is 14.2. The quantitative estimate of drug-likeness (QED) is 0.818. The molecule has 0 spiro atoms. The lowest BCUT2D eigenvalue weighted by molar-refractivity contribution is -0.137. The van der Waals surface area contributed by atoms with Gasteiger partial charge in [-0.2, -0.15) is 13.2 Å². The number of rotatable bonds is 4. The van der Waals surface area contributed by atoms with Gasteiger partial charge >= 0.3 is 6.18 Å². The summed E-state index contributed by atoms with van der Waals surface area (Å²) < 4.78 is 38.8. The largest absolute Gasteiger partial charge is 0.416 e. The number of carbonyl (C=O) groups excluding carboxylic acids is 1. The van der Waals surface area contributed by atoms with E-state index in [-0.39, 0.29) is 5.56 Å². The van der Waals surface area contributed by atoms with E-state index in [4.69, 9.17) is 0 Å². The van der Waals surface area contributed by atoms with E-state index in [1.165, 1.54) is 18.2 Å². The Balaban J connectivity index is 1.67. The molecular weight excluding hydrogens is 343 g/mol. The van der Waals surface area contributed by atoms with Crippen LogP contribution in [-0.4, -0.2) is 24.8 Å². The molecule has 1 amide bonds.